The monoisotopic (exact) mass is 392 g/mol. The van der Waals surface area contributed by atoms with Crippen LogP contribution in [0.4, 0.5) is 5.69 Å². The lowest BCUT2D eigenvalue weighted by molar-refractivity contribution is -0.385. The fourth-order valence-corrected chi connectivity index (χ4v) is 4.30. The Morgan fingerprint density at radius 3 is 2.26 bits per heavy atom. The maximum absolute atomic E-state index is 12.9. The molecular formula is C19H24N2O5S. The molecule has 146 valence electrons. The third kappa shape index (κ3) is 4.84. The Balaban J connectivity index is 2.40. The topological polar surface area (TPSA) is 98.5 Å². The van der Waals surface area contributed by atoms with Gasteiger partial charge in [-0.3, -0.25) is 10.1 Å². The van der Waals surface area contributed by atoms with Crippen LogP contribution in [0, 0.1) is 16.0 Å². The van der Waals surface area contributed by atoms with E-state index in [1.54, 1.807) is 0 Å². The van der Waals surface area contributed by atoms with Crippen LogP contribution in [0.15, 0.2) is 47.4 Å². The van der Waals surface area contributed by atoms with Gasteiger partial charge in [-0.25, -0.2) is 13.1 Å². The van der Waals surface area contributed by atoms with Crippen molar-refractivity contribution in [3.05, 3.63) is 63.7 Å². The second kappa shape index (κ2) is 8.49. The van der Waals surface area contributed by atoms with Gasteiger partial charge in [-0.2, -0.15) is 0 Å². The molecule has 0 aromatic heterocycles. The molecule has 0 heterocycles. The van der Waals surface area contributed by atoms with Crippen LogP contribution < -0.4 is 9.46 Å². The quantitative estimate of drug-likeness (QED) is 0.543. The number of nitro groups is 1. The van der Waals surface area contributed by atoms with E-state index >= 15 is 0 Å². The number of non-ortho nitro benzene ring substituents is 1. The molecule has 27 heavy (non-hydrogen) atoms. The average molecular weight is 392 g/mol. The molecule has 1 unspecified atom stereocenters. The standard InChI is InChI=1S/C19H24N2O5S/c1-5-14-6-8-15(9-7-14)19(13(2)3)20-27(24,25)18-11-10-16(21(22)23)12-17(18)26-4/h6-13,19-20H,5H2,1-4H3. The van der Waals surface area contributed by atoms with Crippen LogP contribution in [-0.4, -0.2) is 20.5 Å². The van der Waals surface area contributed by atoms with E-state index in [1.165, 1.54) is 18.7 Å². The van der Waals surface area contributed by atoms with Crippen molar-refractivity contribution < 1.29 is 18.1 Å². The zero-order valence-corrected chi connectivity index (χ0v) is 16.6. The highest BCUT2D eigenvalue weighted by molar-refractivity contribution is 7.89. The van der Waals surface area contributed by atoms with Crippen molar-refractivity contribution in [2.75, 3.05) is 7.11 Å². The summed E-state index contributed by atoms with van der Waals surface area (Å²) in [4.78, 5) is 10.2. The first-order valence-corrected chi connectivity index (χ1v) is 10.1. The Morgan fingerprint density at radius 1 is 1.15 bits per heavy atom. The van der Waals surface area contributed by atoms with Crippen LogP contribution >= 0.6 is 0 Å². The van der Waals surface area contributed by atoms with Crippen LogP contribution in [0.2, 0.25) is 0 Å². The SMILES string of the molecule is CCc1ccc(C(NS(=O)(=O)c2ccc([N+](=O)[O-])cc2OC)C(C)C)cc1. The molecule has 0 aliphatic rings. The molecule has 0 spiro atoms. The van der Waals surface area contributed by atoms with Gasteiger partial charge in [0.1, 0.15) is 10.6 Å². The number of ether oxygens (including phenoxy) is 1. The summed E-state index contributed by atoms with van der Waals surface area (Å²) >= 11 is 0. The summed E-state index contributed by atoms with van der Waals surface area (Å²) in [6, 6.07) is 10.8. The Labute approximate surface area is 159 Å². The van der Waals surface area contributed by atoms with Crippen molar-refractivity contribution in [3.63, 3.8) is 0 Å². The van der Waals surface area contributed by atoms with Crippen molar-refractivity contribution in [1.82, 2.24) is 4.72 Å². The molecule has 8 heteroatoms. The first-order chi connectivity index (χ1) is 12.7. The second-order valence-corrected chi connectivity index (χ2v) is 8.21. The molecule has 1 atom stereocenters. The summed E-state index contributed by atoms with van der Waals surface area (Å²) < 4.78 is 33.7. The van der Waals surface area contributed by atoms with E-state index in [0.29, 0.717) is 0 Å². The van der Waals surface area contributed by atoms with Gasteiger partial charge in [-0.15, -0.1) is 0 Å². The van der Waals surface area contributed by atoms with Gasteiger partial charge in [-0.1, -0.05) is 45.0 Å². The zero-order chi connectivity index (χ0) is 20.2. The van der Waals surface area contributed by atoms with E-state index in [1.807, 2.05) is 38.1 Å². The summed E-state index contributed by atoms with van der Waals surface area (Å²) in [5, 5.41) is 10.9. The third-order valence-electron chi connectivity index (χ3n) is 4.34. The van der Waals surface area contributed by atoms with Crippen LogP contribution in [0.3, 0.4) is 0 Å². The maximum Gasteiger partial charge on any atom is 0.273 e. The Bertz CT molecular complexity index is 908. The first kappa shape index (κ1) is 20.9. The minimum absolute atomic E-state index is 0.00343. The number of hydrogen-bond acceptors (Lipinski definition) is 5. The van der Waals surface area contributed by atoms with Crippen molar-refractivity contribution in [2.24, 2.45) is 5.92 Å². The maximum atomic E-state index is 12.9. The number of hydrogen-bond donors (Lipinski definition) is 1. The first-order valence-electron chi connectivity index (χ1n) is 8.63. The van der Waals surface area contributed by atoms with Crippen LogP contribution in [0.25, 0.3) is 0 Å². The molecule has 0 radical (unpaired) electrons. The van der Waals surface area contributed by atoms with Gasteiger partial charge in [0.25, 0.3) is 5.69 Å². The number of nitro benzene ring substituents is 1. The number of methoxy groups -OCH3 is 1. The molecule has 0 bridgehead atoms. The van der Waals surface area contributed by atoms with Gasteiger partial charge in [0, 0.05) is 12.1 Å². The summed E-state index contributed by atoms with van der Waals surface area (Å²) in [5.41, 5.74) is 1.79. The third-order valence-corrected chi connectivity index (χ3v) is 5.82. The molecule has 2 rings (SSSR count). The fraction of sp³-hybridized carbons (Fsp3) is 0.368. The molecule has 0 saturated heterocycles. The van der Waals surface area contributed by atoms with E-state index in [0.717, 1.165) is 24.1 Å². The summed E-state index contributed by atoms with van der Waals surface area (Å²) in [6.45, 7) is 5.90. The lowest BCUT2D eigenvalue weighted by Crippen LogP contribution is -2.32. The molecule has 1 N–H and O–H groups in total. The lowest BCUT2D eigenvalue weighted by atomic mass is 9.96. The number of nitrogens with zero attached hydrogens (tertiary/aromatic N) is 1. The minimum Gasteiger partial charge on any atom is -0.495 e. The Kier molecular flexibility index (Phi) is 6.56. The number of rotatable bonds is 8. The largest absolute Gasteiger partial charge is 0.495 e. The number of benzene rings is 2. The van der Waals surface area contributed by atoms with Gasteiger partial charge < -0.3 is 4.74 Å². The van der Waals surface area contributed by atoms with Gasteiger partial charge in [0.15, 0.2) is 0 Å². The smallest absolute Gasteiger partial charge is 0.273 e. The van der Waals surface area contributed by atoms with Gasteiger partial charge in [0.05, 0.1) is 18.1 Å². The van der Waals surface area contributed by atoms with E-state index in [9.17, 15) is 18.5 Å². The Morgan fingerprint density at radius 2 is 1.78 bits per heavy atom. The predicted octanol–water partition coefficient (Wildman–Crippen LogP) is 3.84. The van der Waals surface area contributed by atoms with Gasteiger partial charge in [0.2, 0.25) is 10.0 Å². The molecule has 0 aliphatic carbocycles. The normalized spacial score (nSPS) is 12.8. The predicted molar refractivity (Wildman–Crippen MR) is 103 cm³/mol. The van der Waals surface area contributed by atoms with Gasteiger partial charge in [-0.05, 0) is 29.5 Å². The highest BCUT2D eigenvalue weighted by atomic mass is 32.2. The van der Waals surface area contributed by atoms with E-state index in [-0.39, 0.29) is 22.3 Å². The van der Waals surface area contributed by atoms with E-state index < -0.39 is 21.0 Å². The average Bonchev–Trinajstić information content (AvgIpc) is 2.65. The Hall–Kier alpha value is -2.45. The molecule has 2 aromatic rings. The van der Waals surface area contributed by atoms with Crippen LogP contribution in [0.5, 0.6) is 5.75 Å². The van der Waals surface area contributed by atoms with Crippen molar-refractivity contribution in [2.45, 2.75) is 38.1 Å². The summed E-state index contributed by atoms with van der Waals surface area (Å²) in [7, 11) is -2.67. The molecule has 0 fully saturated rings. The number of aryl methyl sites for hydroxylation is 1. The summed E-state index contributed by atoms with van der Waals surface area (Å²) in [5.74, 6) is -0.0724. The molecule has 0 saturated carbocycles. The van der Waals surface area contributed by atoms with Crippen molar-refractivity contribution in [1.29, 1.82) is 0 Å². The highest BCUT2D eigenvalue weighted by Crippen LogP contribution is 2.31. The second-order valence-electron chi connectivity index (χ2n) is 6.53. The zero-order valence-electron chi connectivity index (χ0n) is 15.8. The molecule has 2 aromatic carbocycles. The van der Waals surface area contributed by atoms with Crippen LogP contribution in [0.1, 0.15) is 37.9 Å². The van der Waals surface area contributed by atoms with Crippen molar-refractivity contribution in [3.8, 4) is 5.75 Å². The molecular weight excluding hydrogens is 368 g/mol. The molecule has 0 amide bonds. The molecule has 7 nitrogen and oxygen atoms in total. The fourth-order valence-electron chi connectivity index (χ4n) is 2.77. The van der Waals surface area contributed by atoms with Crippen LogP contribution in [-0.2, 0) is 16.4 Å². The van der Waals surface area contributed by atoms with Crippen molar-refractivity contribution >= 4 is 15.7 Å². The number of nitrogens with one attached hydrogen (secondary N) is 1. The van der Waals surface area contributed by atoms with E-state index in [2.05, 4.69) is 11.6 Å². The number of sulfonamides is 1. The van der Waals surface area contributed by atoms with E-state index in [4.69, 9.17) is 4.74 Å². The lowest BCUT2D eigenvalue weighted by Gasteiger charge is -2.23. The molecule has 0 aliphatic heterocycles. The minimum atomic E-state index is -3.95. The van der Waals surface area contributed by atoms with Gasteiger partial charge >= 0.3 is 0 Å². The summed E-state index contributed by atoms with van der Waals surface area (Å²) in [6.07, 6.45) is 0.901. The highest BCUT2D eigenvalue weighted by Gasteiger charge is 2.27.